The van der Waals surface area contributed by atoms with Crippen molar-refractivity contribution in [1.82, 2.24) is 10.6 Å². The minimum Gasteiger partial charge on any atom is -0.387 e. The Morgan fingerprint density at radius 2 is 2.10 bits per heavy atom. The number of hydrogen-bond acceptors (Lipinski definition) is 4. The molecule has 0 saturated heterocycles. The number of hydrogen-bond donors (Lipinski definition) is 3. The standard InChI is InChI=1S/C14H22N2O3S/c1-11(17)15-7-4-2-3-5-14(19)16-9-13(18)12-6-8-20-10-12/h6,8,10,13,18H,2-5,7,9H2,1H3,(H,15,17)(H,16,19). The minimum absolute atomic E-state index is 0.0230. The first-order valence-electron chi connectivity index (χ1n) is 6.81. The van der Waals surface area contributed by atoms with Crippen molar-refractivity contribution in [3.63, 3.8) is 0 Å². The number of aliphatic hydroxyl groups excluding tert-OH is 1. The molecular formula is C14H22N2O3S. The first-order chi connectivity index (χ1) is 9.59. The van der Waals surface area contributed by atoms with Gasteiger partial charge in [0.05, 0.1) is 6.10 Å². The van der Waals surface area contributed by atoms with Gasteiger partial charge in [0.1, 0.15) is 0 Å². The van der Waals surface area contributed by atoms with Crippen molar-refractivity contribution in [2.45, 2.75) is 38.7 Å². The van der Waals surface area contributed by atoms with Gasteiger partial charge in [-0.05, 0) is 35.2 Å². The molecule has 3 N–H and O–H groups in total. The van der Waals surface area contributed by atoms with Crippen molar-refractivity contribution in [1.29, 1.82) is 0 Å². The van der Waals surface area contributed by atoms with Crippen LogP contribution in [0.1, 0.15) is 44.3 Å². The van der Waals surface area contributed by atoms with Crippen LogP contribution in [-0.2, 0) is 9.59 Å². The van der Waals surface area contributed by atoms with Crippen LogP contribution in [0.4, 0.5) is 0 Å². The lowest BCUT2D eigenvalue weighted by Gasteiger charge is -2.10. The molecule has 1 aromatic heterocycles. The zero-order chi connectivity index (χ0) is 14.8. The highest BCUT2D eigenvalue weighted by molar-refractivity contribution is 7.07. The van der Waals surface area contributed by atoms with Crippen molar-refractivity contribution in [3.05, 3.63) is 22.4 Å². The van der Waals surface area contributed by atoms with Gasteiger partial charge >= 0.3 is 0 Å². The first kappa shape index (κ1) is 16.7. The third kappa shape index (κ3) is 7.25. The molecule has 1 atom stereocenters. The van der Waals surface area contributed by atoms with Crippen LogP contribution in [0.15, 0.2) is 16.8 Å². The molecule has 1 aromatic rings. The SMILES string of the molecule is CC(=O)NCCCCCC(=O)NCC(O)c1ccsc1. The number of unbranched alkanes of at least 4 members (excludes halogenated alkanes) is 2. The predicted octanol–water partition coefficient (Wildman–Crippen LogP) is 1.59. The number of nitrogens with one attached hydrogen (secondary N) is 2. The summed E-state index contributed by atoms with van der Waals surface area (Å²) in [5.41, 5.74) is 0.839. The van der Waals surface area contributed by atoms with Gasteiger partial charge in [-0.3, -0.25) is 9.59 Å². The van der Waals surface area contributed by atoms with E-state index < -0.39 is 6.10 Å². The Morgan fingerprint density at radius 1 is 1.30 bits per heavy atom. The van der Waals surface area contributed by atoms with Gasteiger partial charge in [-0.25, -0.2) is 0 Å². The van der Waals surface area contributed by atoms with Crippen LogP contribution in [0.25, 0.3) is 0 Å². The molecule has 6 heteroatoms. The molecule has 1 unspecified atom stereocenters. The van der Waals surface area contributed by atoms with E-state index in [0.29, 0.717) is 13.0 Å². The van der Waals surface area contributed by atoms with Crippen LogP contribution in [0.5, 0.6) is 0 Å². The largest absolute Gasteiger partial charge is 0.387 e. The number of thiophene rings is 1. The predicted molar refractivity (Wildman–Crippen MR) is 79.4 cm³/mol. The van der Waals surface area contributed by atoms with E-state index in [9.17, 15) is 14.7 Å². The molecule has 0 aliphatic carbocycles. The van der Waals surface area contributed by atoms with Crippen molar-refractivity contribution < 1.29 is 14.7 Å². The monoisotopic (exact) mass is 298 g/mol. The maximum atomic E-state index is 11.6. The van der Waals surface area contributed by atoms with Gasteiger partial charge in [-0.2, -0.15) is 11.3 Å². The van der Waals surface area contributed by atoms with Crippen LogP contribution in [0, 0.1) is 0 Å². The quantitative estimate of drug-likeness (QED) is 0.606. The van der Waals surface area contributed by atoms with E-state index in [2.05, 4.69) is 10.6 Å². The molecule has 0 spiro atoms. The molecule has 112 valence electrons. The van der Waals surface area contributed by atoms with E-state index in [1.807, 2.05) is 16.8 Å². The van der Waals surface area contributed by atoms with Gasteiger partial charge in [0.2, 0.25) is 11.8 Å². The molecule has 0 aliphatic rings. The van der Waals surface area contributed by atoms with E-state index in [4.69, 9.17) is 0 Å². The number of rotatable bonds is 9. The highest BCUT2D eigenvalue weighted by Gasteiger charge is 2.09. The van der Waals surface area contributed by atoms with Crippen LogP contribution in [0.2, 0.25) is 0 Å². The molecule has 2 amide bonds. The molecule has 1 heterocycles. The lowest BCUT2D eigenvalue weighted by molar-refractivity contribution is -0.122. The summed E-state index contributed by atoms with van der Waals surface area (Å²) in [6.07, 6.45) is 2.40. The summed E-state index contributed by atoms with van der Waals surface area (Å²) < 4.78 is 0. The maximum absolute atomic E-state index is 11.6. The summed E-state index contributed by atoms with van der Waals surface area (Å²) in [5, 5.41) is 19.0. The number of carbonyl (C=O) groups is 2. The fourth-order valence-electron chi connectivity index (χ4n) is 1.73. The molecule has 0 saturated carbocycles. The second-order valence-electron chi connectivity index (χ2n) is 4.67. The van der Waals surface area contributed by atoms with Crippen molar-refractivity contribution in [3.8, 4) is 0 Å². The van der Waals surface area contributed by atoms with E-state index in [1.165, 1.54) is 18.3 Å². The van der Waals surface area contributed by atoms with Crippen molar-refractivity contribution in [2.24, 2.45) is 0 Å². The smallest absolute Gasteiger partial charge is 0.220 e. The number of aliphatic hydroxyl groups is 1. The van der Waals surface area contributed by atoms with Crippen LogP contribution in [0.3, 0.4) is 0 Å². The number of carbonyl (C=O) groups excluding carboxylic acids is 2. The molecule has 0 aromatic carbocycles. The normalized spacial score (nSPS) is 11.9. The Kier molecular flexibility index (Phi) is 7.91. The maximum Gasteiger partial charge on any atom is 0.220 e. The first-order valence-corrected chi connectivity index (χ1v) is 7.75. The lowest BCUT2D eigenvalue weighted by Crippen LogP contribution is -2.28. The van der Waals surface area contributed by atoms with E-state index in [-0.39, 0.29) is 18.4 Å². The van der Waals surface area contributed by atoms with Gasteiger partial charge in [0.25, 0.3) is 0 Å². The van der Waals surface area contributed by atoms with Gasteiger partial charge in [0.15, 0.2) is 0 Å². The Morgan fingerprint density at radius 3 is 2.75 bits per heavy atom. The highest BCUT2D eigenvalue weighted by Crippen LogP contribution is 2.15. The summed E-state index contributed by atoms with van der Waals surface area (Å²) in [7, 11) is 0. The van der Waals surface area contributed by atoms with Gasteiger partial charge < -0.3 is 15.7 Å². The van der Waals surface area contributed by atoms with E-state index >= 15 is 0 Å². The molecule has 1 rings (SSSR count). The Labute approximate surface area is 123 Å². The van der Waals surface area contributed by atoms with Gasteiger partial charge in [0, 0.05) is 26.4 Å². The minimum atomic E-state index is -0.634. The fraction of sp³-hybridized carbons (Fsp3) is 0.571. The number of amides is 2. The lowest BCUT2D eigenvalue weighted by atomic mass is 10.1. The molecule has 0 radical (unpaired) electrons. The third-order valence-electron chi connectivity index (χ3n) is 2.88. The summed E-state index contributed by atoms with van der Waals surface area (Å²) in [6, 6.07) is 1.85. The fourth-order valence-corrected chi connectivity index (χ4v) is 2.44. The topological polar surface area (TPSA) is 78.4 Å². The Bertz CT molecular complexity index is 407. The molecule has 20 heavy (non-hydrogen) atoms. The second kappa shape index (κ2) is 9.50. The molecule has 0 bridgehead atoms. The summed E-state index contributed by atoms with van der Waals surface area (Å²) >= 11 is 1.52. The van der Waals surface area contributed by atoms with E-state index in [0.717, 1.165) is 24.8 Å². The van der Waals surface area contributed by atoms with E-state index in [1.54, 1.807) is 0 Å². The Hall–Kier alpha value is -1.40. The molecule has 5 nitrogen and oxygen atoms in total. The average molecular weight is 298 g/mol. The Balaban J connectivity index is 2.02. The summed E-state index contributed by atoms with van der Waals surface area (Å²) in [4.78, 5) is 22.2. The molecule has 0 aliphatic heterocycles. The summed E-state index contributed by atoms with van der Waals surface area (Å²) in [6.45, 7) is 2.40. The zero-order valence-corrected chi connectivity index (χ0v) is 12.5. The van der Waals surface area contributed by atoms with Crippen molar-refractivity contribution >= 4 is 23.2 Å². The van der Waals surface area contributed by atoms with Gasteiger partial charge in [-0.15, -0.1) is 0 Å². The average Bonchev–Trinajstić information content (AvgIpc) is 2.93. The van der Waals surface area contributed by atoms with Crippen LogP contribution < -0.4 is 10.6 Å². The second-order valence-corrected chi connectivity index (χ2v) is 5.45. The highest BCUT2D eigenvalue weighted by atomic mass is 32.1. The molecular weight excluding hydrogens is 276 g/mol. The zero-order valence-electron chi connectivity index (χ0n) is 11.7. The van der Waals surface area contributed by atoms with Crippen LogP contribution in [-0.4, -0.2) is 30.0 Å². The third-order valence-corrected chi connectivity index (χ3v) is 3.58. The van der Waals surface area contributed by atoms with Gasteiger partial charge in [-0.1, -0.05) is 6.42 Å². The summed E-state index contributed by atoms with van der Waals surface area (Å²) in [5.74, 6) is -0.0658. The van der Waals surface area contributed by atoms with Crippen molar-refractivity contribution in [2.75, 3.05) is 13.1 Å². The van der Waals surface area contributed by atoms with Crippen LogP contribution >= 0.6 is 11.3 Å². The molecule has 0 fully saturated rings.